The highest BCUT2D eigenvalue weighted by Gasteiger charge is 2.30. The van der Waals surface area contributed by atoms with Crippen LogP contribution in [-0.4, -0.2) is 56.4 Å². The van der Waals surface area contributed by atoms with Crippen molar-refractivity contribution >= 4 is 5.91 Å². The summed E-state index contributed by atoms with van der Waals surface area (Å²) >= 11 is 0. The van der Waals surface area contributed by atoms with E-state index < -0.39 is 23.8 Å². The second kappa shape index (κ2) is 9.51. The van der Waals surface area contributed by atoms with Crippen molar-refractivity contribution in [2.45, 2.75) is 12.3 Å². The molecule has 0 heterocycles. The minimum absolute atomic E-state index is 0.0557. The van der Waals surface area contributed by atoms with Gasteiger partial charge in [-0.2, -0.15) is 13.2 Å². The first-order chi connectivity index (χ1) is 13.7. The van der Waals surface area contributed by atoms with Crippen molar-refractivity contribution < 1.29 is 37.3 Å². The monoisotopic (exact) mass is 413 g/mol. The van der Waals surface area contributed by atoms with Crippen molar-refractivity contribution in [2.75, 3.05) is 34.4 Å². The van der Waals surface area contributed by atoms with Gasteiger partial charge in [0.2, 0.25) is 0 Å². The summed E-state index contributed by atoms with van der Waals surface area (Å²) in [5, 5.41) is 10.1. The molecule has 0 saturated carbocycles. The van der Waals surface area contributed by atoms with Gasteiger partial charge in [-0.3, -0.25) is 4.79 Å². The summed E-state index contributed by atoms with van der Waals surface area (Å²) in [6, 6.07) is 9.01. The summed E-state index contributed by atoms with van der Waals surface area (Å²) in [4.78, 5) is 14.0. The molecule has 0 unspecified atom stereocenters. The van der Waals surface area contributed by atoms with Crippen LogP contribution in [-0.2, 0) is 6.18 Å². The fraction of sp³-hybridized carbons (Fsp3) is 0.350. The average Bonchev–Trinajstić information content (AvgIpc) is 2.70. The molecule has 0 radical (unpaired) electrons. The van der Waals surface area contributed by atoms with Crippen molar-refractivity contribution in [3.8, 4) is 17.2 Å². The van der Waals surface area contributed by atoms with E-state index in [2.05, 4.69) is 0 Å². The molecule has 1 amide bonds. The van der Waals surface area contributed by atoms with E-state index in [0.29, 0.717) is 5.75 Å². The van der Waals surface area contributed by atoms with Gasteiger partial charge in [-0.1, -0.05) is 6.07 Å². The number of amides is 1. The lowest BCUT2D eigenvalue weighted by molar-refractivity contribution is -0.137. The molecule has 0 saturated heterocycles. The molecule has 158 valence electrons. The number of nitrogens with zero attached hydrogens (tertiary/aromatic N) is 1. The molecule has 0 aliphatic rings. The Labute approximate surface area is 166 Å². The standard InChI is InChI=1S/C20H22F3NO5/c1-24(19(26)16-5-4-6-17(27-2)18(16)28-3)11-14(25)12-29-15-9-7-13(8-10-15)20(21,22)23/h4-10,14,25H,11-12H2,1-3H3/t14-/m0/s1. The largest absolute Gasteiger partial charge is 0.493 e. The molecule has 0 bridgehead atoms. The van der Waals surface area contributed by atoms with Gasteiger partial charge in [0.15, 0.2) is 11.5 Å². The quantitative estimate of drug-likeness (QED) is 0.720. The van der Waals surface area contributed by atoms with Crippen LogP contribution in [0.3, 0.4) is 0 Å². The molecule has 1 N–H and O–H groups in total. The molecular weight excluding hydrogens is 391 g/mol. The molecule has 2 rings (SSSR count). The Morgan fingerprint density at radius 3 is 2.31 bits per heavy atom. The number of aliphatic hydroxyl groups is 1. The van der Waals surface area contributed by atoms with E-state index in [-0.39, 0.29) is 30.2 Å². The van der Waals surface area contributed by atoms with E-state index in [4.69, 9.17) is 14.2 Å². The van der Waals surface area contributed by atoms with E-state index in [1.165, 1.54) is 38.3 Å². The van der Waals surface area contributed by atoms with Crippen LogP contribution in [0.1, 0.15) is 15.9 Å². The molecule has 1 atom stereocenters. The number of halogens is 3. The third-order valence-corrected chi connectivity index (χ3v) is 4.09. The van der Waals surface area contributed by atoms with Crippen LogP contribution >= 0.6 is 0 Å². The zero-order valence-electron chi connectivity index (χ0n) is 16.2. The number of alkyl halides is 3. The van der Waals surface area contributed by atoms with E-state index >= 15 is 0 Å². The van der Waals surface area contributed by atoms with Gasteiger partial charge in [-0.15, -0.1) is 0 Å². The molecular formula is C20H22F3NO5. The Morgan fingerprint density at radius 2 is 1.76 bits per heavy atom. The highest BCUT2D eigenvalue weighted by atomic mass is 19.4. The van der Waals surface area contributed by atoms with Crippen molar-refractivity contribution in [2.24, 2.45) is 0 Å². The maximum Gasteiger partial charge on any atom is 0.416 e. The SMILES string of the molecule is COc1cccc(C(=O)N(C)C[C@H](O)COc2ccc(C(F)(F)F)cc2)c1OC. The summed E-state index contributed by atoms with van der Waals surface area (Å²) in [5.41, 5.74) is -0.520. The van der Waals surface area contributed by atoms with Gasteiger partial charge in [0, 0.05) is 13.6 Å². The maximum atomic E-state index is 12.7. The Bertz CT molecular complexity index is 824. The molecule has 0 fully saturated rings. The van der Waals surface area contributed by atoms with Crippen LogP contribution in [0.5, 0.6) is 17.2 Å². The van der Waals surface area contributed by atoms with Gasteiger partial charge in [-0.05, 0) is 36.4 Å². The number of ether oxygens (including phenoxy) is 3. The third-order valence-electron chi connectivity index (χ3n) is 4.09. The van der Waals surface area contributed by atoms with Gasteiger partial charge >= 0.3 is 6.18 Å². The van der Waals surface area contributed by atoms with Crippen LogP contribution in [0, 0.1) is 0 Å². The molecule has 0 aliphatic heterocycles. The topological polar surface area (TPSA) is 68.2 Å². The number of likely N-dealkylation sites (N-methyl/N-ethyl adjacent to an activating group) is 1. The Morgan fingerprint density at radius 1 is 1.10 bits per heavy atom. The van der Waals surface area contributed by atoms with Crippen LogP contribution in [0.4, 0.5) is 13.2 Å². The summed E-state index contributed by atoms with van der Waals surface area (Å²) in [6.45, 7) is -0.252. The van der Waals surface area contributed by atoms with E-state index in [9.17, 15) is 23.1 Å². The van der Waals surface area contributed by atoms with E-state index in [0.717, 1.165) is 12.1 Å². The van der Waals surface area contributed by atoms with Crippen LogP contribution < -0.4 is 14.2 Å². The smallest absolute Gasteiger partial charge is 0.416 e. The summed E-state index contributed by atoms with van der Waals surface area (Å²) in [7, 11) is 4.38. The fourth-order valence-electron chi connectivity index (χ4n) is 2.65. The first kappa shape index (κ1) is 22.4. The molecule has 29 heavy (non-hydrogen) atoms. The lowest BCUT2D eigenvalue weighted by Gasteiger charge is -2.22. The highest BCUT2D eigenvalue weighted by Crippen LogP contribution is 2.32. The number of rotatable bonds is 8. The van der Waals surface area contributed by atoms with Crippen molar-refractivity contribution in [1.82, 2.24) is 4.90 Å². The zero-order valence-corrected chi connectivity index (χ0v) is 16.2. The number of carbonyl (C=O) groups excluding carboxylic acids is 1. The Balaban J connectivity index is 1.95. The van der Waals surface area contributed by atoms with Gasteiger partial charge in [0.25, 0.3) is 5.91 Å². The summed E-state index contributed by atoms with van der Waals surface area (Å²) in [5.74, 6) is 0.468. The minimum atomic E-state index is -4.43. The number of para-hydroxylation sites is 1. The van der Waals surface area contributed by atoms with Gasteiger partial charge in [0.05, 0.1) is 25.3 Å². The Hall–Kier alpha value is -2.94. The number of hydrogen-bond acceptors (Lipinski definition) is 5. The summed E-state index contributed by atoms with van der Waals surface area (Å²) in [6.07, 6.45) is -5.48. The van der Waals surface area contributed by atoms with Crippen LogP contribution in [0.2, 0.25) is 0 Å². The molecule has 2 aromatic carbocycles. The second-order valence-electron chi connectivity index (χ2n) is 6.21. The highest BCUT2D eigenvalue weighted by molar-refractivity contribution is 5.97. The molecule has 2 aromatic rings. The van der Waals surface area contributed by atoms with Crippen molar-refractivity contribution in [3.05, 3.63) is 53.6 Å². The van der Waals surface area contributed by atoms with Gasteiger partial charge in [-0.25, -0.2) is 0 Å². The molecule has 9 heteroatoms. The van der Waals surface area contributed by atoms with Crippen LogP contribution in [0.15, 0.2) is 42.5 Å². The first-order valence-corrected chi connectivity index (χ1v) is 8.62. The van der Waals surface area contributed by atoms with Gasteiger partial charge in [0.1, 0.15) is 18.5 Å². The third kappa shape index (κ3) is 5.77. The van der Waals surface area contributed by atoms with Crippen molar-refractivity contribution in [3.63, 3.8) is 0 Å². The molecule has 0 aliphatic carbocycles. The molecule has 0 spiro atoms. The average molecular weight is 413 g/mol. The lowest BCUT2D eigenvalue weighted by Crippen LogP contribution is -2.37. The number of hydrogen-bond donors (Lipinski definition) is 1. The van der Waals surface area contributed by atoms with Crippen LogP contribution in [0.25, 0.3) is 0 Å². The minimum Gasteiger partial charge on any atom is -0.493 e. The number of methoxy groups -OCH3 is 2. The lowest BCUT2D eigenvalue weighted by atomic mass is 10.1. The number of carbonyl (C=O) groups is 1. The number of aliphatic hydroxyl groups excluding tert-OH is 1. The Kier molecular flexibility index (Phi) is 7.33. The molecule has 6 nitrogen and oxygen atoms in total. The summed E-state index contributed by atoms with van der Waals surface area (Å²) < 4.78 is 53.4. The first-order valence-electron chi connectivity index (χ1n) is 8.62. The van der Waals surface area contributed by atoms with E-state index in [1.807, 2.05) is 0 Å². The fourth-order valence-corrected chi connectivity index (χ4v) is 2.65. The predicted octanol–water partition coefficient (Wildman–Crippen LogP) is 3.23. The van der Waals surface area contributed by atoms with E-state index in [1.54, 1.807) is 18.2 Å². The number of benzene rings is 2. The predicted molar refractivity (Wildman–Crippen MR) is 99.5 cm³/mol. The second-order valence-corrected chi connectivity index (χ2v) is 6.21. The molecule has 0 aromatic heterocycles. The normalized spacial score (nSPS) is 12.2. The van der Waals surface area contributed by atoms with Gasteiger partial charge < -0.3 is 24.2 Å². The van der Waals surface area contributed by atoms with Crippen molar-refractivity contribution in [1.29, 1.82) is 0 Å². The maximum absolute atomic E-state index is 12.7. The zero-order chi connectivity index (χ0) is 21.6.